The Bertz CT molecular complexity index is 425. The second-order valence-electron chi connectivity index (χ2n) is 5.03. The molecule has 0 saturated carbocycles. The van der Waals surface area contributed by atoms with E-state index in [0.717, 1.165) is 43.8 Å². The average molecular weight is 263 g/mol. The largest absolute Gasteiger partial charge is 0.495 e. The van der Waals surface area contributed by atoms with Gasteiger partial charge in [0.2, 0.25) is 0 Å². The van der Waals surface area contributed by atoms with Crippen LogP contribution in [0.2, 0.25) is 0 Å². The zero-order valence-corrected chi connectivity index (χ0v) is 11.3. The fraction of sp³-hybridized carbons (Fsp3) is 0.533. The van der Waals surface area contributed by atoms with E-state index >= 15 is 0 Å². The van der Waals surface area contributed by atoms with Crippen LogP contribution in [-0.2, 0) is 4.79 Å². The number of piperidine rings is 1. The number of aliphatic carboxylic acids is 1. The molecule has 4 heteroatoms. The molecule has 1 aliphatic rings. The van der Waals surface area contributed by atoms with Gasteiger partial charge in [0, 0.05) is 19.5 Å². The fourth-order valence-electron chi connectivity index (χ4n) is 2.68. The van der Waals surface area contributed by atoms with E-state index in [1.165, 1.54) is 0 Å². The molecule has 0 radical (unpaired) electrons. The number of benzene rings is 1. The lowest BCUT2D eigenvalue weighted by Gasteiger charge is -2.34. The van der Waals surface area contributed by atoms with E-state index < -0.39 is 5.97 Å². The van der Waals surface area contributed by atoms with Crippen molar-refractivity contribution in [1.29, 1.82) is 0 Å². The van der Waals surface area contributed by atoms with Gasteiger partial charge < -0.3 is 14.7 Å². The first-order chi connectivity index (χ1) is 9.20. The van der Waals surface area contributed by atoms with Gasteiger partial charge in [-0.05, 0) is 37.3 Å². The van der Waals surface area contributed by atoms with Crippen LogP contribution in [0.1, 0.15) is 25.7 Å². The summed E-state index contributed by atoms with van der Waals surface area (Å²) in [6.45, 7) is 1.95. The highest BCUT2D eigenvalue weighted by molar-refractivity contribution is 5.66. The Labute approximate surface area is 114 Å². The van der Waals surface area contributed by atoms with Crippen molar-refractivity contribution in [3.63, 3.8) is 0 Å². The molecule has 0 bridgehead atoms. The molecule has 1 aliphatic heterocycles. The van der Waals surface area contributed by atoms with Crippen molar-refractivity contribution >= 4 is 11.7 Å². The predicted octanol–water partition coefficient (Wildman–Crippen LogP) is 2.78. The van der Waals surface area contributed by atoms with Crippen LogP contribution in [0, 0.1) is 5.92 Å². The quantitative estimate of drug-likeness (QED) is 0.887. The first-order valence-electron chi connectivity index (χ1n) is 6.80. The summed E-state index contributed by atoms with van der Waals surface area (Å²) in [7, 11) is 1.69. The third-order valence-corrected chi connectivity index (χ3v) is 3.81. The van der Waals surface area contributed by atoms with Gasteiger partial charge in [-0.15, -0.1) is 0 Å². The molecule has 0 aromatic heterocycles. The number of hydrogen-bond donors (Lipinski definition) is 1. The summed E-state index contributed by atoms with van der Waals surface area (Å²) in [6.07, 6.45) is 3.21. The molecule has 1 aromatic rings. The van der Waals surface area contributed by atoms with Gasteiger partial charge in [0.1, 0.15) is 5.75 Å². The summed E-state index contributed by atoms with van der Waals surface area (Å²) in [5.74, 6) is 0.765. The molecule has 104 valence electrons. The normalized spacial score (nSPS) is 16.4. The first kappa shape index (κ1) is 13.7. The lowest BCUT2D eigenvalue weighted by Crippen LogP contribution is -2.34. The Morgan fingerprint density at radius 1 is 1.37 bits per heavy atom. The molecule has 0 spiro atoms. The molecule has 0 atom stereocenters. The van der Waals surface area contributed by atoms with Gasteiger partial charge in [0.25, 0.3) is 0 Å². The Balaban J connectivity index is 1.90. The number of nitrogens with zero attached hydrogens (tertiary/aromatic N) is 1. The zero-order chi connectivity index (χ0) is 13.7. The number of methoxy groups -OCH3 is 1. The summed E-state index contributed by atoms with van der Waals surface area (Å²) in [6, 6.07) is 8.05. The molecule has 4 nitrogen and oxygen atoms in total. The molecular weight excluding hydrogens is 242 g/mol. The first-order valence-corrected chi connectivity index (χ1v) is 6.80. The van der Waals surface area contributed by atoms with Crippen molar-refractivity contribution < 1.29 is 14.6 Å². The third kappa shape index (κ3) is 3.63. The molecule has 1 saturated heterocycles. The minimum atomic E-state index is -0.688. The topological polar surface area (TPSA) is 49.8 Å². The molecule has 0 unspecified atom stereocenters. The van der Waals surface area contributed by atoms with Crippen LogP contribution < -0.4 is 9.64 Å². The monoisotopic (exact) mass is 263 g/mol. The number of carboxylic acid groups (broad SMARTS) is 1. The van der Waals surface area contributed by atoms with Gasteiger partial charge in [-0.25, -0.2) is 0 Å². The third-order valence-electron chi connectivity index (χ3n) is 3.81. The Kier molecular flexibility index (Phi) is 4.66. The van der Waals surface area contributed by atoms with Crippen LogP contribution in [0.3, 0.4) is 0 Å². The molecule has 19 heavy (non-hydrogen) atoms. The summed E-state index contributed by atoms with van der Waals surface area (Å²) < 4.78 is 5.38. The second-order valence-corrected chi connectivity index (χ2v) is 5.03. The SMILES string of the molecule is COc1ccccc1N1CCC(CCC(=O)O)CC1. The van der Waals surface area contributed by atoms with Crippen molar-refractivity contribution in [3.05, 3.63) is 24.3 Å². The highest BCUT2D eigenvalue weighted by atomic mass is 16.5. The number of para-hydroxylation sites is 2. The highest BCUT2D eigenvalue weighted by Crippen LogP contribution is 2.32. The molecule has 1 N–H and O–H groups in total. The van der Waals surface area contributed by atoms with Crippen molar-refractivity contribution in [2.75, 3.05) is 25.1 Å². The van der Waals surface area contributed by atoms with E-state index in [0.29, 0.717) is 12.3 Å². The zero-order valence-electron chi connectivity index (χ0n) is 11.3. The molecule has 2 rings (SSSR count). The van der Waals surface area contributed by atoms with Crippen molar-refractivity contribution in [3.8, 4) is 5.75 Å². The lowest BCUT2D eigenvalue weighted by molar-refractivity contribution is -0.137. The van der Waals surface area contributed by atoms with Gasteiger partial charge in [-0.1, -0.05) is 12.1 Å². The van der Waals surface area contributed by atoms with Crippen LogP contribution in [0.4, 0.5) is 5.69 Å². The minimum absolute atomic E-state index is 0.291. The van der Waals surface area contributed by atoms with Crippen molar-refractivity contribution in [2.45, 2.75) is 25.7 Å². The average Bonchev–Trinajstić information content (AvgIpc) is 2.45. The van der Waals surface area contributed by atoms with Gasteiger partial charge in [-0.2, -0.15) is 0 Å². The van der Waals surface area contributed by atoms with Crippen LogP contribution in [0.15, 0.2) is 24.3 Å². The second kappa shape index (κ2) is 6.45. The van der Waals surface area contributed by atoms with Crippen molar-refractivity contribution in [1.82, 2.24) is 0 Å². The van der Waals surface area contributed by atoms with E-state index in [1.54, 1.807) is 7.11 Å². The number of anilines is 1. The maximum atomic E-state index is 10.6. The molecule has 1 aromatic carbocycles. The smallest absolute Gasteiger partial charge is 0.303 e. The summed E-state index contributed by atoms with van der Waals surface area (Å²) in [4.78, 5) is 12.9. The fourth-order valence-corrected chi connectivity index (χ4v) is 2.68. The maximum Gasteiger partial charge on any atom is 0.303 e. The van der Waals surface area contributed by atoms with Gasteiger partial charge >= 0.3 is 5.97 Å². The maximum absolute atomic E-state index is 10.6. The Hall–Kier alpha value is -1.71. The number of rotatable bonds is 5. The van der Waals surface area contributed by atoms with Crippen LogP contribution >= 0.6 is 0 Å². The number of ether oxygens (including phenoxy) is 1. The van der Waals surface area contributed by atoms with Crippen LogP contribution in [0.25, 0.3) is 0 Å². The number of carboxylic acids is 1. The van der Waals surface area contributed by atoms with Crippen LogP contribution in [0.5, 0.6) is 5.75 Å². The Morgan fingerprint density at radius 3 is 2.68 bits per heavy atom. The van der Waals surface area contributed by atoms with E-state index in [4.69, 9.17) is 9.84 Å². The number of hydrogen-bond acceptors (Lipinski definition) is 3. The molecular formula is C15H21NO3. The summed E-state index contributed by atoms with van der Waals surface area (Å²) >= 11 is 0. The standard InChI is InChI=1S/C15H21NO3/c1-19-14-5-3-2-4-13(14)16-10-8-12(9-11-16)6-7-15(17)18/h2-5,12H,6-11H2,1H3,(H,17,18). The van der Waals surface area contributed by atoms with E-state index in [2.05, 4.69) is 11.0 Å². The van der Waals surface area contributed by atoms with Gasteiger partial charge in [-0.3, -0.25) is 4.79 Å². The summed E-state index contributed by atoms with van der Waals surface area (Å²) in [5, 5.41) is 8.72. The Morgan fingerprint density at radius 2 is 2.05 bits per heavy atom. The summed E-state index contributed by atoms with van der Waals surface area (Å²) in [5.41, 5.74) is 1.14. The van der Waals surface area contributed by atoms with Crippen molar-refractivity contribution in [2.24, 2.45) is 5.92 Å². The van der Waals surface area contributed by atoms with E-state index in [-0.39, 0.29) is 0 Å². The number of carbonyl (C=O) groups is 1. The van der Waals surface area contributed by atoms with Crippen LogP contribution in [-0.4, -0.2) is 31.3 Å². The predicted molar refractivity (Wildman–Crippen MR) is 74.8 cm³/mol. The van der Waals surface area contributed by atoms with E-state index in [9.17, 15) is 4.79 Å². The molecule has 1 heterocycles. The molecule has 1 fully saturated rings. The lowest BCUT2D eigenvalue weighted by atomic mass is 9.92. The highest BCUT2D eigenvalue weighted by Gasteiger charge is 2.21. The van der Waals surface area contributed by atoms with Gasteiger partial charge in [0.05, 0.1) is 12.8 Å². The molecule has 0 amide bonds. The minimum Gasteiger partial charge on any atom is -0.495 e. The molecule has 0 aliphatic carbocycles. The van der Waals surface area contributed by atoms with Gasteiger partial charge in [0.15, 0.2) is 0 Å². The van der Waals surface area contributed by atoms with E-state index in [1.807, 2.05) is 18.2 Å².